The van der Waals surface area contributed by atoms with Crippen LogP contribution >= 0.6 is 11.3 Å². The Hall–Kier alpha value is -2.36. The number of thiophene rings is 1. The van der Waals surface area contributed by atoms with E-state index in [-0.39, 0.29) is 17.2 Å². The molecular weight excluding hydrogens is 367 g/mol. The number of aryl methyl sites for hydroxylation is 1. The molecule has 6 nitrogen and oxygen atoms in total. The summed E-state index contributed by atoms with van der Waals surface area (Å²) in [6, 6.07) is 3.21. The van der Waals surface area contributed by atoms with Crippen molar-refractivity contribution in [2.24, 2.45) is 7.05 Å². The first-order valence-electron chi connectivity index (χ1n) is 8.17. The van der Waals surface area contributed by atoms with Gasteiger partial charge in [0.25, 0.3) is 5.91 Å². The zero-order chi connectivity index (χ0) is 18.5. The third kappa shape index (κ3) is 2.87. The Morgan fingerprint density at radius 1 is 1.42 bits per heavy atom. The fourth-order valence-corrected chi connectivity index (χ4v) is 4.46. The molecule has 4 heterocycles. The highest BCUT2D eigenvalue weighted by Crippen LogP contribution is 2.38. The van der Waals surface area contributed by atoms with E-state index in [1.165, 1.54) is 17.8 Å². The average Bonchev–Trinajstić information content (AvgIpc) is 3.31. The van der Waals surface area contributed by atoms with Crippen molar-refractivity contribution in [1.82, 2.24) is 24.9 Å². The van der Waals surface area contributed by atoms with Crippen molar-refractivity contribution in [2.45, 2.75) is 24.9 Å². The van der Waals surface area contributed by atoms with E-state index in [9.17, 15) is 18.0 Å². The van der Waals surface area contributed by atoms with Crippen LogP contribution in [-0.4, -0.2) is 43.9 Å². The molecule has 1 fully saturated rings. The Balaban J connectivity index is 1.62. The number of nitrogens with zero attached hydrogens (tertiary/aromatic N) is 4. The summed E-state index contributed by atoms with van der Waals surface area (Å²) in [7, 11) is 1.46. The molecule has 3 aromatic rings. The standard InChI is InChI=1S/C16H16F3N5OS/c1-23-15-10(13(22-23)16(17,18)19)7-12(26-15)14(25)24-6-2-3-9(8-24)11-4-5-20-21-11/h4-5,7,9H,2-3,6,8H2,1H3,(H,20,21)/t9-/m0/s1. The third-order valence-electron chi connectivity index (χ3n) is 4.66. The van der Waals surface area contributed by atoms with Crippen molar-refractivity contribution in [2.75, 3.05) is 13.1 Å². The maximum absolute atomic E-state index is 13.1. The molecule has 0 aliphatic carbocycles. The molecule has 0 spiro atoms. The predicted octanol–water partition coefficient (Wildman–Crippen LogP) is 3.40. The number of aromatic nitrogens is 4. The number of nitrogens with one attached hydrogen (secondary N) is 1. The summed E-state index contributed by atoms with van der Waals surface area (Å²) in [6.45, 7) is 1.13. The number of halogens is 3. The number of H-pyrrole nitrogens is 1. The van der Waals surface area contributed by atoms with Crippen LogP contribution in [0.4, 0.5) is 13.2 Å². The van der Waals surface area contributed by atoms with Crippen LogP contribution in [0.3, 0.4) is 0 Å². The van der Waals surface area contributed by atoms with Crippen LogP contribution in [0.15, 0.2) is 18.3 Å². The van der Waals surface area contributed by atoms with Gasteiger partial charge in [0.15, 0.2) is 5.69 Å². The van der Waals surface area contributed by atoms with Crippen LogP contribution in [0, 0.1) is 0 Å². The topological polar surface area (TPSA) is 66.8 Å². The van der Waals surface area contributed by atoms with E-state index < -0.39 is 11.9 Å². The van der Waals surface area contributed by atoms with E-state index in [0.29, 0.717) is 22.8 Å². The molecule has 1 N–H and O–H groups in total. The molecule has 1 aliphatic rings. The van der Waals surface area contributed by atoms with Crippen LogP contribution in [0.5, 0.6) is 0 Å². The van der Waals surface area contributed by atoms with Gasteiger partial charge in [-0.3, -0.25) is 14.6 Å². The van der Waals surface area contributed by atoms with Gasteiger partial charge in [-0.05, 0) is 25.0 Å². The molecule has 0 aromatic carbocycles. The Bertz CT molecular complexity index is 943. The lowest BCUT2D eigenvalue weighted by molar-refractivity contribution is -0.140. The van der Waals surface area contributed by atoms with Gasteiger partial charge in [-0.25, -0.2) is 0 Å². The summed E-state index contributed by atoms with van der Waals surface area (Å²) in [6.07, 6.45) is -1.08. The van der Waals surface area contributed by atoms with Crippen molar-refractivity contribution in [3.8, 4) is 0 Å². The first-order valence-corrected chi connectivity index (χ1v) is 8.98. The number of alkyl halides is 3. The second-order valence-electron chi connectivity index (χ2n) is 6.40. The van der Waals surface area contributed by atoms with E-state index in [2.05, 4.69) is 15.3 Å². The van der Waals surface area contributed by atoms with Gasteiger partial charge in [-0.1, -0.05) is 0 Å². The fraction of sp³-hybridized carbons (Fsp3) is 0.438. The molecule has 0 unspecified atom stereocenters. The van der Waals surface area contributed by atoms with E-state index in [1.807, 2.05) is 6.07 Å². The Morgan fingerprint density at radius 2 is 2.23 bits per heavy atom. The van der Waals surface area contributed by atoms with Crippen molar-refractivity contribution in [1.29, 1.82) is 0 Å². The molecule has 1 atom stereocenters. The largest absolute Gasteiger partial charge is 0.435 e. The van der Waals surface area contributed by atoms with E-state index in [4.69, 9.17) is 0 Å². The molecule has 3 aromatic heterocycles. The van der Waals surface area contributed by atoms with Crippen molar-refractivity contribution >= 4 is 27.5 Å². The number of piperidine rings is 1. The first-order chi connectivity index (χ1) is 12.3. The summed E-state index contributed by atoms with van der Waals surface area (Å²) in [4.78, 5) is 15.2. The number of hydrogen-bond donors (Lipinski definition) is 1. The summed E-state index contributed by atoms with van der Waals surface area (Å²) < 4.78 is 40.6. The number of carbonyl (C=O) groups excluding carboxylic acids is 1. The number of likely N-dealkylation sites (tertiary alicyclic amines) is 1. The third-order valence-corrected chi connectivity index (χ3v) is 5.85. The van der Waals surface area contributed by atoms with Gasteiger partial charge in [0.05, 0.1) is 4.88 Å². The highest BCUT2D eigenvalue weighted by atomic mass is 32.1. The zero-order valence-corrected chi connectivity index (χ0v) is 14.7. The van der Waals surface area contributed by atoms with E-state index in [1.54, 1.807) is 11.1 Å². The maximum atomic E-state index is 13.1. The number of rotatable bonds is 2. The van der Waals surface area contributed by atoms with Gasteiger partial charge in [0.2, 0.25) is 0 Å². The minimum atomic E-state index is -4.54. The number of hydrogen-bond acceptors (Lipinski definition) is 4. The van der Waals surface area contributed by atoms with E-state index in [0.717, 1.165) is 29.9 Å². The highest BCUT2D eigenvalue weighted by molar-refractivity contribution is 7.20. The molecule has 1 amide bonds. The van der Waals surface area contributed by atoms with Crippen LogP contribution in [-0.2, 0) is 13.2 Å². The van der Waals surface area contributed by atoms with Crippen molar-refractivity contribution < 1.29 is 18.0 Å². The number of aromatic amines is 1. The number of amides is 1. The lowest BCUT2D eigenvalue weighted by Gasteiger charge is -2.31. The van der Waals surface area contributed by atoms with Gasteiger partial charge in [0, 0.05) is 43.3 Å². The fourth-order valence-electron chi connectivity index (χ4n) is 3.42. The molecule has 1 saturated heterocycles. The quantitative estimate of drug-likeness (QED) is 0.738. The Kier molecular flexibility index (Phi) is 4.02. The molecular formula is C16H16F3N5OS. The van der Waals surface area contributed by atoms with E-state index >= 15 is 0 Å². The summed E-state index contributed by atoms with van der Waals surface area (Å²) in [5, 5.41) is 10.4. The lowest BCUT2D eigenvalue weighted by atomic mass is 9.95. The van der Waals surface area contributed by atoms with Gasteiger partial charge in [0.1, 0.15) is 4.83 Å². The molecule has 0 radical (unpaired) electrons. The monoisotopic (exact) mass is 383 g/mol. The normalized spacial score (nSPS) is 18.6. The van der Waals surface area contributed by atoms with Crippen LogP contribution in [0.1, 0.15) is 39.8 Å². The number of fused-ring (bicyclic) bond motifs is 1. The second-order valence-corrected chi connectivity index (χ2v) is 7.43. The Morgan fingerprint density at radius 3 is 2.92 bits per heavy atom. The van der Waals surface area contributed by atoms with Crippen LogP contribution in [0.2, 0.25) is 0 Å². The molecule has 10 heteroatoms. The van der Waals surface area contributed by atoms with Crippen molar-refractivity contribution in [3.63, 3.8) is 0 Å². The zero-order valence-electron chi connectivity index (χ0n) is 13.9. The average molecular weight is 383 g/mol. The lowest BCUT2D eigenvalue weighted by Crippen LogP contribution is -2.38. The summed E-state index contributed by atoms with van der Waals surface area (Å²) in [5.41, 5.74) is 0.0293. The predicted molar refractivity (Wildman–Crippen MR) is 90.1 cm³/mol. The molecule has 1 aliphatic heterocycles. The van der Waals surface area contributed by atoms with Crippen LogP contribution < -0.4 is 0 Å². The van der Waals surface area contributed by atoms with Gasteiger partial charge < -0.3 is 4.90 Å². The first kappa shape index (κ1) is 17.1. The Labute approximate surface area is 150 Å². The maximum Gasteiger partial charge on any atom is 0.435 e. The molecule has 0 saturated carbocycles. The second kappa shape index (κ2) is 6.11. The number of carbonyl (C=O) groups is 1. The van der Waals surface area contributed by atoms with Gasteiger partial charge in [-0.2, -0.15) is 23.4 Å². The molecule has 0 bridgehead atoms. The van der Waals surface area contributed by atoms with Gasteiger partial charge in [-0.15, -0.1) is 11.3 Å². The summed E-state index contributed by atoms with van der Waals surface area (Å²) in [5.74, 6) is -0.0690. The highest BCUT2D eigenvalue weighted by Gasteiger charge is 2.38. The minimum Gasteiger partial charge on any atom is -0.337 e. The molecule has 4 rings (SSSR count). The molecule has 26 heavy (non-hydrogen) atoms. The SMILES string of the molecule is Cn1nc(C(F)(F)F)c2cc(C(=O)N3CCC[C@H](c4ccn[nH]4)C3)sc21. The molecule has 138 valence electrons. The van der Waals surface area contributed by atoms with Gasteiger partial charge >= 0.3 is 6.18 Å². The smallest absolute Gasteiger partial charge is 0.337 e. The van der Waals surface area contributed by atoms with Crippen molar-refractivity contribution in [3.05, 3.63) is 34.6 Å². The summed E-state index contributed by atoms with van der Waals surface area (Å²) >= 11 is 1.05. The van der Waals surface area contributed by atoms with Crippen LogP contribution in [0.25, 0.3) is 10.2 Å². The minimum absolute atomic E-state index is 0.0181.